The lowest BCUT2D eigenvalue weighted by Crippen LogP contribution is -1.97. The van der Waals surface area contributed by atoms with E-state index in [1.54, 1.807) is 12.2 Å². The number of fused-ring (bicyclic) bond motifs is 1. The summed E-state index contributed by atoms with van der Waals surface area (Å²) < 4.78 is 11.7. The number of halogens is 4. The first kappa shape index (κ1) is 17.3. The van der Waals surface area contributed by atoms with Crippen molar-refractivity contribution in [2.45, 2.75) is 0 Å². The molecule has 0 bridgehead atoms. The second-order valence-electron chi connectivity index (χ2n) is 4.22. The van der Waals surface area contributed by atoms with Gasteiger partial charge in [-0.3, -0.25) is 0 Å². The Labute approximate surface area is 148 Å². The molecule has 0 fully saturated rings. The van der Waals surface area contributed by atoms with Crippen molar-refractivity contribution in [2.75, 3.05) is 13.2 Å². The molecule has 22 heavy (non-hydrogen) atoms. The van der Waals surface area contributed by atoms with Crippen molar-refractivity contribution in [1.82, 2.24) is 0 Å². The molecule has 0 aliphatic heterocycles. The fourth-order valence-electron chi connectivity index (χ4n) is 1.89. The van der Waals surface area contributed by atoms with E-state index < -0.39 is 0 Å². The summed E-state index contributed by atoms with van der Waals surface area (Å²) in [5.74, 6) is 1.44. The average molecular weight is 378 g/mol. The van der Waals surface area contributed by atoms with Crippen molar-refractivity contribution < 1.29 is 9.47 Å². The van der Waals surface area contributed by atoms with Crippen LogP contribution in [0.25, 0.3) is 10.8 Å². The predicted molar refractivity (Wildman–Crippen MR) is 94.5 cm³/mol. The largest absolute Gasteiger partial charge is 0.489 e. The first-order chi connectivity index (χ1) is 10.6. The van der Waals surface area contributed by atoms with Gasteiger partial charge in [-0.05, 0) is 24.3 Å². The van der Waals surface area contributed by atoms with Gasteiger partial charge in [-0.1, -0.05) is 70.7 Å². The lowest BCUT2D eigenvalue weighted by Gasteiger charge is -2.11. The van der Waals surface area contributed by atoms with E-state index in [-0.39, 0.29) is 22.2 Å². The van der Waals surface area contributed by atoms with Gasteiger partial charge in [0.25, 0.3) is 0 Å². The molecule has 116 valence electrons. The molecular weight excluding hydrogens is 366 g/mol. The lowest BCUT2D eigenvalue weighted by atomic mass is 10.1. The highest BCUT2D eigenvalue weighted by atomic mass is 35.5. The molecule has 0 spiro atoms. The van der Waals surface area contributed by atoms with Crippen LogP contribution in [-0.4, -0.2) is 13.2 Å². The van der Waals surface area contributed by atoms with Gasteiger partial charge in [-0.25, -0.2) is 0 Å². The predicted octanol–water partition coefficient (Wildman–Crippen LogP) is 6.24. The molecule has 0 aliphatic carbocycles. The summed E-state index contributed by atoms with van der Waals surface area (Å²) in [6.45, 7) is 0.578. The van der Waals surface area contributed by atoms with Gasteiger partial charge in [-0.2, -0.15) is 0 Å². The van der Waals surface area contributed by atoms with Crippen LogP contribution in [0.5, 0.6) is 11.5 Å². The van der Waals surface area contributed by atoms with Crippen molar-refractivity contribution in [3.05, 3.63) is 57.5 Å². The molecule has 0 saturated carbocycles. The summed E-state index contributed by atoms with van der Waals surface area (Å²) in [6, 6.07) is 11.4. The molecule has 6 heteroatoms. The van der Waals surface area contributed by atoms with Crippen molar-refractivity contribution in [3.63, 3.8) is 0 Å². The molecule has 0 aliphatic rings. The van der Waals surface area contributed by atoms with E-state index in [0.29, 0.717) is 0 Å². The zero-order valence-corrected chi connectivity index (χ0v) is 14.4. The zero-order chi connectivity index (χ0) is 15.9. The van der Waals surface area contributed by atoms with E-state index in [4.69, 9.17) is 55.9 Å². The topological polar surface area (TPSA) is 18.5 Å². The van der Waals surface area contributed by atoms with Gasteiger partial charge < -0.3 is 9.47 Å². The van der Waals surface area contributed by atoms with E-state index in [2.05, 4.69) is 0 Å². The number of hydrogen-bond acceptors (Lipinski definition) is 2. The summed E-state index contributed by atoms with van der Waals surface area (Å²) in [6.07, 6.45) is 3.16. The third-order valence-electron chi connectivity index (χ3n) is 2.80. The molecule has 0 unspecified atom stereocenters. The molecular formula is C16H12Cl4O2. The third-order valence-corrected chi connectivity index (χ3v) is 3.41. The van der Waals surface area contributed by atoms with Crippen molar-refractivity contribution in [3.8, 4) is 11.5 Å². The molecule has 2 rings (SSSR count). The number of benzene rings is 2. The number of rotatable bonds is 6. The summed E-state index contributed by atoms with van der Waals surface area (Å²) in [4.78, 5) is 0. The standard InChI is InChI=1S/C16H12Cl4O2/c17-15(18)7-9-21-13-5-1-3-11-12(13)4-2-6-14(11)22-10-8-16(19)20/h1-8H,9-10H2. The van der Waals surface area contributed by atoms with E-state index in [1.165, 1.54) is 0 Å². The van der Waals surface area contributed by atoms with E-state index in [0.717, 1.165) is 22.3 Å². The summed E-state index contributed by atoms with van der Waals surface area (Å²) in [5, 5.41) is 1.86. The molecule has 2 aromatic rings. The normalized spacial score (nSPS) is 10.2. The highest BCUT2D eigenvalue weighted by Crippen LogP contribution is 2.32. The molecule has 0 heterocycles. The summed E-state index contributed by atoms with van der Waals surface area (Å²) in [5.41, 5.74) is 0. The third kappa shape index (κ3) is 4.99. The van der Waals surface area contributed by atoms with Crippen LogP contribution in [0, 0.1) is 0 Å². The van der Waals surface area contributed by atoms with Crippen molar-refractivity contribution in [2.24, 2.45) is 0 Å². The maximum Gasteiger partial charge on any atom is 0.127 e. The van der Waals surface area contributed by atoms with E-state index in [9.17, 15) is 0 Å². The van der Waals surface area contributed by atoms with Crippen LogP contribution in [0.2, 0.25) is 0 Å². The highest BCUT2D eigenvalue weighted by Gasteiger charge is 2.06. The molecule has 2 aromatic carbocycles. The van der Waals surface area contributed by atoms with Gasteiger partial charge in [-0.15, -0.1) is 0 Å². The first-order valence-electron chi connectivity index (χ1n) is 6.37. The Morgan fingerprint density at radius 2 is 1.14 bits per heavy atom. The fraction of sp³-hybridized carbons (Fsp3) is 0.125. The van der Waals surface area contributed by atoms with Crippen LogP contribution >= 0.6 is 46.4 Å². The van der Waals surface area contributed by atoms with Crippen LogP contribution in [0.4, 0.5) is 0 Å². The minimum absolute atomic E-state index is 0.175. The Morgan fingerprint density at radius 1 is 0.727 bits per heavy atom. The quantitative estimate of drug-likeness (QED) is 0.593. The Bertz CT molecular complexity index is 641. The maximum atomic E-state index is 5.67. The van der Waals surface area contributed by atoms with Gasteiger partial charge in [0.05, 0.1) is 0 Å². The first-order valence-corrected chi connectivity index (χ1v) is 7.89. The molecule has 0 N–H and O–H groups in total. The Morgan fingerprint density at radius 3 is 1.50 bits per heavy atom. The van der Waals surface area contributed by atoms with Gasteiger partial charge in [0.1, 0.15) is 33.7 Å². The molecule has 0 atom stereocenters. The van der Waals surface area contributed by atoms with E-state index >= 15 is 0 Å². The van der Waals surface area contributed by atoms with Crippen LogP contribution in [0.15, 0.2) is 57.5 Å². The van der Waals surface area contributed by atoms with Gasteiger partial charge in [0.15, 0.2) is 0 Å². The molecule has 0 aromatic heterocycles. The van der Waals surface area contributed by atoms with Crippen LogP contribution in [0.3, 0.4) is 0 Å². The van der Waals surface area contributed by atoms with Gasteiger partial charge >= 0.3 is 0 Å². The minimum atomic E-state index is 0.175. The van der Waals surface area contributed by atoms with Crippen LogP contribution < -0.4 is 9.47 Å². The molecule has 0 saturated heterocycles. The average Bonchev–Trinajstić information content (AvgIpc) is 2.47. The molecule has 0 amide bonds. The second kappa shape index (κ2) is 8.54. The maximum absolute atomic E-state index is 5.67. The van der Waals surface area contributed by atoms with Crippen molar-refractivity contribution in [1.29, 1.82) is 0 Å². The zero-order valence-electron chi connectivity index (χ0n) is 11.4. The molecule has 2 nitrogen and oxygen atoms in total. The second-order valence-corrected chi connectivity index (χ2v) is 6.23. The highest BCUT2D eigenvalue weighted by molar-refractivity contribution is 6.56. The lowest BCUT2D eigenvalue weighted by molar-refractivity contribution is 0.363. The smallest absolute Gasteiger partial charge is 0.127 e. The minimum Gasteiger partial charge on any atom is -0.489 e. The number of ether oxygens (including phenoxy) is 2. The van der Waals surface area contributed by atoms with Gasteiger partial charge in [0.2, 0.25) is 0 Å². The monoisotopic (exact) mass is 376 g/mol. The Hall–Kier alpha value is -1.06. The SMILES string of the molecule is ClC(Cl)=CCOc1cccc2c(OCC=C(Cl)Cl)cccc12. The van der Waals surface area contributed by atoms with Gasteiger partial charge in [0, 0.05) is 10.8 Å². The van der Waals surface area contributed by atoms with Crippen LogP contribution in [0.1, 0.15) is 0 Å². The van der Waals surface area contributed by atoms with Crippen LogP contribution in [-0.2, 0) is 0 Å². The Balaban J connectivity index is 2.26. The molecule has 0 radical (unpaired) electrons. The summed E-state index contributed by atoms with van der Waals surface area (Å²) in [7, 11) is 0. The number of hydrogen-bond donors (Lipinski definition) is 0. The van der Waals surface area contributed by atoms with Crippen molar-refractivity contribution >= 4 is 57.2 Å². The van der Waals surface area contributed by atoms with E-state index in [1.807, 2.05) is 36.4 Å². The summed E-state index contributed by atoms with van der Waals surface area (Å²) >= 11 is 22.3. The fourth-order valence-corrected chi connectivity index (χ4v) is 2.14. The Kier molecular flexibility index (Phi) is 6.71.